The van der Waals surface area contributed by atoms with Crippen LogP contribution in [0.4, 0.5) is 0 Å². The van der Waals surface area contributed by atoms with E-state index in [-0.39, 0.29) is 40.0 Å². The molecule has 1 rings (SSSR count). The van der Waals surface area contributed by atoms with Crippen LogP contribution in [0.2, 0.25) is 0 Å². The molecule has 0 aliphatic rings. The average molecular weight is 257 g/mol. The van der Waals surface area contributed by atoms with Gasteiger partial charge in [-0.25, -0.2) is 0 Å². The van der Waals surface area contributed by atoms with Crippen molar-refractivity contribution in [3.8, 4) is 5.75 Å². The van der Waals surface area contributed by atoms with Crippen molar-refractivity contribution in [1.82, 2.24) is 0 Å². The third-order valence-electron chi connectivity index (χ3n) is 1.20. The third-order valence-corrected chi connectivity index (χ3v) is 1.88. The quantitative estimate of drug-likeness (QED) is 0.376. The van der Waals surface area contributed by atoms with Gasteiger partial charge in [0.1, 0.15) is 0 Å². The Hall–Kier alpha value is 0.616. The van der Waals surface area contributed by atoms with Crippen LogP contribution in [0.25, 0.3) is 0 Å². The zero-order chi connectivity index (χ0) is 7.40. The van der Waals surface area contributed by atoms with Gasteiger partial charge in [0, 0.05) is 5.75 Å². The summed E-state index contributed by atoms with van der Waals surface area (Å²) < 4.78 is 5.02. The maximum absolute atomic E-state index is 5.02. The number of methoxy groups -OCH3 is 1. The molecule has 0 aromatic heterocycles. The maximum Gasteiger partial charge on any atom is 2.00 e. The number of ether oxygens (including phenoxy) is 1. The van der Waals surface area contributed by atoms with E-state index < -0.39 is 0 Å². The Balaban J connectivity index is 0. The molecule has 0 radical (unpaired) electrons. The van der Waals surface area contributed by atoms with Crippen LogP contribution >= 0.6 is 11.8 Å². The Kier molecular flexibility index (Phi) is 10.4. The Morgan fingerprint density at radius 2 is 2.17 bits per heavy atom. The minimum atomic E-state index is 0. The molecule has 0 aliphatic heterocycles. The number of hydrogen-bond donors (Lipinski definition) is 0. The Morgan fingerprint density at radius 3 is 2.67 bits per heavy atom. The number of halogens is 1. The van der Waals surface area contributed by atoms with Gasteiger partial charge in [0.25, 0.3) is 0 Å². The van der Waals surface area contributed by atoms with Crippen LogP contribution in [0.5, 0.6) is 5.75 Å². The Bertz CT molecular complexity index is 201. The molecule has 0 heterocycles. The van der Waals surface area contributed by atoms with Crippen molar-refractivity contribution in [3.05, 3.63) is 24.3 Å². The summed E-state index contributed by atoms with van der Waals surface area (Å²) >= 11 is 1.66. The van der Waals surface area contributed by atoms with Gasteiger partial charge in [-0.3, -0.25) is 0 Å². The fraction of sp³-hybridized carbons (Fsp3) is 0.250. The fourth-order valence-corrected chi connectivity index (χ4v) is 1.09. The molecular formula is C8H9BrMgOS. The largest absolute Gasteiger partial charge is 2.00 e. The summed E-state index contributed by atoms with van der Waals surface area (Å²) in [6, 6.07) is 8.79. The molecule has 0 saturated heterocycles. The van der Waals surface area contributed by atoms with Crippen molar-refractivity contribution in [1.29, 1.82) is 0 Å². The molecule has 0 N–H and O–H groups in total. The topological polar surface area (TPSA) is 9.23 Å². The summed E-state index contributed by atoms with van der Waals surface area (Å²) in [6.07, 6.45) is 2.02. The second-order valence-electron chi connectivity index (χ2n) is 1.80. The first-order valence-corrected chi connectivity index (χ1v) is 4.19. The van der Waals surface area contributed by atoms with E-state index in [1.54, 1.807) is 18.9 Å². The molecule has 1 aromatic carbocycles. The van der Waals surface area contributed by atoms with E-state index in [0.717, 1.165) is 10.6 Å². The van der Waals surface area contributed by atoms with Crippen LogP contribution in [-0.2, 0) is 0 Å². The third kappa shape index (κ3) is 4.60. The molecule has 0 atom stereocenters. The number of thioether (sulfide) groups is 1. The van der Waals surface area contributed by atoms with Crippen molar-refractivity contribution in [2.45, 2.75) is 4.90 Å². The maximum atomic E-state index is 5.02. The summed E-state index contributed by atoms with van der Waals surface area (Å²) in [6.45, 7) is 0. The molecule has 0 amide bonds. The van der Waals surface area contributed by atoms with E-state index in [4.69, 9.17) is 4.74 Å². The van der Waals surface area contributed by atoms with E-state index in [0.29, 0.717) is 0 Å². The average Bonchev–Trinajstić information content (AvgIpc) is 2.05. The monoisotopic (exact) mass is 256 g/mol. The molecule has 0 fully saturated rings. The normalized spacial score (nSPS) is 7.83. The van der Waals surface area contributed by atoms with E-state index >= 15 is 0 Å². The van der Waals surface area contributed by atoms with E-state index in [2.05, 4.69) is 6.07 Å². The van der Waals surface area contributed by atoms with Gasteiger partial charge in [-0.05, 0) is 6.26 Å². The van der Waals surface area contributed by atoms with E-state index in [1.807, 2.05) is 24.5 Å². The van der Waals surface area contributed by atoms with E-state index in [1.165, 1.54) is 0 Å². The zero-order valence-electron chi connectivity index (χ0n) is 7.13. The van der Waals surface area contributed by atoms with Crippen molar-refractivity contribution >= 4 is 34.8 Å². The SMILES string of the molecule is COc1cc[c-]c(SC)c1.[Br-].[Mg+2]. The second kappa shape index (κ2) is 8.23. The summed E-state index contributed by atoms with van der Waals surface area (Å²) in [5.74, 6) is 0.892. The molecule has 12 heavy (non-hydrogen) atoms. The number of benzene rings is 1. The van der Waals surface area contributed by atoms with E-state index in [9.17, 15) is 0 Å². The van der Waals surface area contributed by atoms with Crippen LogP contribution in [0.1, 0.15) is 0 Å². The molecule has 0 aliphatic carbocycles. The van der Waals surface area contributed by atoms with Crippen molar-refractivity contribution < 1.29 is 21.7 Å². The molecule has 4 heteroatoms. The first-order chi connectivity index (χ1) is 4.86. The first kappa shape index (κ1) is 15.1. The molecule has 0 spiro atoms. The smallest absolute Gasteiger partial charge is 1.00 e. The summed E-state index contributed by atoms with van der Waals surface area (Å²) in [5, 5.41) is 0. The van der Waals surface area contributed by atoms with Crippen LogP contribution in [0, 0.1) is 6.07 Å². The summed E-state index contributed by atoms with van der Waals surface area (Å²) in [7, 11) is 1.67. The van der Waals surface area contributed by atoms with Crippen LogP contribution < -0.4 is 21.7 Å². The fourth-order valence-electron chi connectivity index (χ4n) is 0.670. The molecule has 62 valence electrons. The minimum absolute atomic E-state index is 0. The molecule has 0 saturated carbocycles. The predicted molar refractivity (Wildman–Crippen MR) is 49.4 cm³/mol. The molecule has 1 nitrogen and oxygen atoms in total. The first-order valence-electron chi connectivity index (χ1n) is 2.96. The van der Waals surface area contributed by atoms with Gasteiger partial charge >= 0.3 is 23.1 Å². The minimum Gasteiger partial charge on any atom is -1.00 e. The van der Waals surface area contributed by atoms with Gasteiger partial charge in [0.2, 0.25) is 0 Å². The van der Waals surface area contributed by atoms with Gasteiger partial charge in [-0.2, -0.15) is 23.9 Å². The van der Waals surface area contributed by atoms with Crippen LogP contribution in [-0.4, -0.2) is 36.4 Å². The number of hydrogen-bond acceptors (Lipinski definition) is 2. The molecule has 1 aromatic rings. The van der Waals surface area contributed by atoms with Crippen molar-refractivity contribution in [3.63, 3.8) is 0 Å². The van der Waals surface area contributed by atoms with Crippen LogP contribution in [0.15, 0.2) is 23.1 Å². The van der Waals surface area contributed by atoms with Gasteiger partial charge in [-0.1, -0.05) is 0 Å². The summed E-state index contributed by atoms with van der Waals surface area (Å²) in [4.78, 5) is 1.11. The Labute approximate surface area is 104 Å². The van der Waals surface area contributed by atoms with Gasteiger partial charge < -0.3 is 21.7 Å². The van der Waals surface area contributed by atoms with Gasteiger partial charge in [-0.15, -0.1) is 17.0 Å². The number of rotatable bonds is 2. The Morgan fingerprint density at radius 1 is 1.50 bits per heavy atom. The van der Waals surface area contributed by atoms with Crippen molar-refractivity contribution in [2.75, 3.05) is 13.4 Å². The van der Waals surface area contributed by atoms with Gasteiger partial charge in [0.05, 0.1) is 7.11 Å². The van der Waals surface area contributed by atoms with Crippen molar-refractivity contribution in [2.24, 2.45) is 0 Å². The molecule has 0 unspecified atom stereocenters. The van der Waals surface area contributed by atoms with Gasteiger partial charge in [0.15, 0.2) is 0 Å². The molecular weight excluding hydrogens is 248 g/mol. The van der Waals surface area contributed by atoms with Crippen LogP contribution in [0.3, 0.4) is 0 Å². The predicted octanol–water partition coefficient (Wildman–Crippen LogP) is -1.16. The zero-order valence-corrected chi connectivity index (χ0v) is 11.0. The molecule has 0 bridgehead atoms. The second-order valence-corrected chi connectivity index (χ2v) is 2.64. The standard InChI is InChI=1S/C8H9OS.BrH.Mg/c1-9-7-4-3-5-8(6-7)10-2;;/h3-4,6H,1-2H3;1H;/q-1;;+2/p-1. The summed E-state index contributed by atoms with van der Waals surface area (Å²) in [5.41, 5.74) is 0.